The minimum absolute atomic E-state index is 0.0408. The van der Waals surface area contributed by atoms with Crippen LogP contribution in [0.25, 0.3) is 0 Å². The molecule has 1 fully saturated rings. The molecular weight excluding hydrogens is 200 g/mol. The summed E-state index contributed by atoms with van der Waals surface area (Å²) in [7, 11) is 1.64. The van der Waals surface area contributed by atoms with Gasteiger partial charge in [0.2, 0.25) is 11.8 Å². The summed E-state index contributed by atoms with van der Waals surface area (Å²) >= 11 is 0. The Morgan fingerprint density at radius 2 is 2.27 bits per heavy atom. The highest BCUT2D eigenvalue weighted by molar-refractivity contribution is 5.92. The first kappa shape index (κ1) is 9.56. The van der Waals surface area contributed by atoms with E-state index in [2.05, 4.69) is 20.7 Å². The Hall–Kier alpha value is -1.99. The summed E-state index contributed by atoms with van der Waals surface area (Å²) in [6.45, 7) is 0.316. The molecule has 1 saturated heterocycles. The average molecular weight is 210 g/mol. The maximum absolute atomic E-state index is 11.4. The molecule has 15 heavy (non-hydrogen) atoms. The van der Waals surface area contributed by atoms with Gasteiger partial charge in [-0.05, 0) is 5.21 Å². The van der Waals surface area contributed by atoms with E-state index in [-0.39, 0.29) is 31.4 Å². The molecule has 0 spiro atoms. The normalized spacial score (nSPS) is 16.7. The lowest BCUT2D eigenvalue weighted by atomic mass is 10.3. The quantitative estimate of drug-likeness (QED) is 0.591. The van der Waals surface area contributed by atoms with Crippen LogP contribution in [0, 0.1) is 0 Å². The standard InChI is InChI=1S/C7H10N6O2/c1-12-10-5(9-11-12)3-13-4-6(14)8-2-7(13)15/h2-4H2,1H3,(H,8,14). The zero-order valence-electron chi connectivity index (χ0n) is 8.17. The van der Waals surface area contributed by atoms with Crippen LogP contribution in [-0.2, 0) is 23.2 Å². The van der Waals surface area contributed by atoms with Crippen molar-refractivity contribution in [3.05, 3.63) is 5.82 Å². The van der Waals surface area contributed by atoms with Gasteiger partial charge in [0.15, 0.2) is 5.82 Å². The van der Waals surface area contributed by atoms with Crippen molar-refractivity contribution in [1.29, 1.82) is 0 Å². The van der Waals surface area contributed by atoms with Crippen LogP contribution in [0.3, 0.4) is 0 Å². The van der Waals surface area contributed by atoms with Crippen LogP contribution in [0.5, 0.6) is 0 Å². The van der Waals surface area contributed by atoms with Crippen LogP contribution in [0.1, 0.15) is 5.82 Å². The summed E-state index contributed by atoms with van der Waals surface area (Å²) in [4.78, 5) is 25.1. The predicted molar refractivity (Wildman–Crippen MR) is 47.2 cm³/mol. The lowest BCUT2D eigenvalue weighted by Gasteiger charge is -2.24. The van der Waals surface area contributed by atoms with Crippen LogP contribution in [0.4, 0.5) is 0 Å². The second-order valence-corrected chi connectivity index (χ2v) is 3.22. The number of hydrogen-bond donors (Lipinski definition) is 1. The van der Waals surface area contributed by atoms with Crippen LogP contribution < -0.4 is 5.32 Å². The molecule has 0 aromatic carbocycles. The highest BCUT2D eigenvalue weighted by Crippen LogP contribution is 2.00. The lowest BCUT2D eigenvalue weighted by molar-refractivity contribution is -0.141. The molecule has 1 N–H and O–H groups in total. The molecule has 0 aliphatic carbocycles. The molecule has 0 radical (unpaired) electrons. The first-order chi connectivity index (χ1) is 7.15. The van der Waals surface area contributed by atoms with Gasteiger partial charge in [-0.25, -0.2) is 0 Å². The maximum atomic E-state index is 11.4. The summed E-state index contributed by atoms with van der Waals surface area (Å²) in [6.07, 6.45) is 0. The van der Waals surface area contributed by atoms with Crippen molar-refractivity contribution in [2.24, 2.45) is 7.05 Å². The van der Waals surface area contributed by atoms with Gasteiger partial charge >= 0.3 is 0 Å². The van der Waals surface area contributed by atoms with Gasteiger partial charge in [-0.2, -0.15) is 4.80 Å². The van der Waals surface area contributed by atoms with E-state index in [9.17, 15) is 9.59 Å². The molecule has 2 rings (SSSR count). The second-order valence-electron chi connectivity index (χ2n) is 3.22. The number of nitrogens with one attached hydrogen (secondary N) is 1. The van der Waals surface area contributed by atoms with Gasteiger partial charge in [-0.1, -0.05) is 0 Å². The van der Waals surface area contributed by atoms with E-state index in [4.69, 9.17) is 0 Å². The molecule has 1 aliphatic rings. The zero-order chi connectivity index (χ0) is 10.8. The Bertz CT molecular complexity index is 400. The van der Waals surface area contributed by atoms with Crippen LogP contribution in [0.15, 0.2) is 0 Å². The molecule has 0 atom stereocenters. The van der Waals surface area contributed by atoms with E-state index >= 15 is 0 Å². The van der Waals surface area contributed by atoms with Crippen molar-refractivity contribution in [2.75, 3.05) is 13.1 Å². The molecule has 0 saturated carbocycles. The van der Waals surface area contributed by atoms with Gasteiger partial charge in [0.25, 0.3) is 0 Å². The third kappa shape index (κ3) is 2.09. The largest absolute Gasteiger partial charge is 0.345 e. The number of amides is 2. The fraction of sp³-hybridized carbons (Fsp3) is 0.571. The van der Waals surface area contributed by atoms with Gasteiger partial charge in [-0.15, -0.1) is 10.2 Å². The van der Waals surface area contributed by atoms with Gasteiger partial charge in [-0.3, -0.25) is 9.59 Å². The van der Waals surface area contributed by atoms with Gasteiger partial charge in [0.05, 0.1) is 20.1 Å². The second kappa shape index (κ2) is 3.64. The smallest absolute Gasteiger partial charge is 0.242 e. The number of aromatic nitrogens is 4. The highest BCUT2D eigenvalue weighted by Gasteiger charge is 2.24. The van der Waals surface area contributed by atoms with Crippen molar-refractivity contribution in [2.45, 2.75) is 6.54 Å². The van der Waals surface area contributed by atoms with E-state index < -0.39 is 0 Å². The molecule has 2 amide bonds. The van der Waals surface area contributed by atoms with Gasteiger partial charge < -0.3 is 10.2 Å². The van der Waals surface area contributed by atoms with Crippen LogP contribution in [0.2, 0.25) is 0 Å². The Morgan fingerprint density at radius 3 is 2.93 bits per heavy atom. The van der Waals surface area contributed by atoms with Crippen LogP contribution in [-0.4, -0.2) is 50.0 Å². The van der Waals surface area contributed by atoms with Crippen molar-refractivity contribution in [3.8, 4) is 0 Å². The SMILES string of the molecule is Cn1nnc(CN2CC(=O)NCC2=O)n1. The average Bonchev–Trinajstić information content (AvgIpc) is 2.58. The highest BCUT2D eigenvalue weighted by atomic mass is 16.2. The molecule has 1 aromatic heterocycles. The summed E-state index contributed by atoms with van der Waals surface area (Å²) in [5.41, 5.74) is 0. The third-order valence-corrected chi connectivity index (χ3v) is 2.01. The monoisotopic (exact) mass is 210 g/mol. The molecule has 0 unspecified atom stereocenters. The van der Waals surface area contributed by atoms with E-state index in [1.807, 2.05) is 0 Å². The first-order valence-corrected chi connectivity index (χ1v) is 4.42. The fourth-order valence-corrected chi connectivity index (χ4v) is 1.30. The molecule has 0 bridgehead atoms. The topological polar surface area (TPSA) is 93.0 Å². The Balaban J connectivity index is 2.04. The maximum Gasteiger partial charge on any atom is 0.242 e. The molecule has 8 nitrogen and oxygen atoms in total. The van der Waals surface area contributed by atoms with E-state index in [1.54, 1.807) is 7.05 Å². The van der Waals surface area contributed by atoms with Crippen molar-refractivity contribution in [3.63, 3.8) is 0 Å². The van der Waals surface area contributed by atoms with Gasteiger partial charge in [0, 0.05) is 0 Å². The molecule has 8 heteroatoms. The Kier molecular flexibility index (Phi) is 2.32. The van der Waals surface area contributed by atoms with E-state index in [0.717, 1.165) is 0 Å². The lowest BCUT2D eigenvalue weighted by Crippen LogP contribution is -2.51. The first-order valence-electron chi connectivity index (χ1n) is 4.42. The number of carbonyl (C=O) groups is 2. The molecule has 80 valence electrons. The Morgan fingerprint density at radius 1 is 1.47 bits per heavy atom. The minimum atomic E-state index is -0.168. The fourth-order valence-electron chi connectivity index (χ4n) is 1.30. The number of rotatable bonds is 2. The molecule has 1 aliphatic heterocycles. The summed E-state index contributed by atoms with van der Waals surface area (Å²) < 4.78 is 0. The zero-order valence-corrected chi connectivity index (χ0v) is 8.17. The van der Waals surface area contributed by atoms with Crippen LogP contribution >= 0.6 is 0 Å². The summed E-state index contributed by atoms with van der Waals surface area (Å²) in [6, 6.07) is 0. The summed E-state index contributed by atoms with van der Waals surface area (Å²) in [5.74, 6) is 0.126. The number of aryl methyl sites for hydroxylation is 1. The molecular formula is C7H10N6O2. The third-order valence-electron chi connectivity index (χ3n) is 2.01. The van der Waals surface area contributed by atoms with E-state index in [0.29, 0.717) is 5.82 Å². The predicted octanol–water partition coefficient (Wildman–Crippen LogP) is -2.33. The van der Waals surface area contributed by atoms with Crippen molar-refractivity contribution >= 4 is 11.8 Å². The van der Waals surface area contributed by atoms with Crippen molar-refractivity contribution in [1.82, 2.24) is 30.4 Å². The number of piperazine rings is 1. The molecule has 1 aromatic rings. The van der Waals surface area contributed by atoms with Gasteiger partial charge in [0.1, 0.15) is 6.54 Å². The number of tetrazole rings is 1. The number of carbonyl (C=O) groups excluding carboxylic acids is 2. The number of nitrogens with zero attached hydrogens (tertiary/aromatic N) is 5. The Labute approximate surface area is 85.2 Å². The summed E-state index contributed by atoms with van der Waals surface area (Å²) in [5, 5.41) is 13.8. The number of hydrogen-bond acceptors (Lipinski definition) is 5. The van der Waals surface area contributed by atoms with E-state index in [1.165, 1.54) is 9.70 Å². The van der Waals surface area contributed by atoms with Crippen molar-refractivity contribution < 1.29 is 9.59 Å². The molecule has 2 heterocycles. The minimum Gasteiger partial charge on any atom is -0.345 e.